The van der Waals surface area contributed by atoms with Crippen LogP contribution < -0.4 is 16.6 Å². The van der Waals surface area contributed by atoms with Crippen LogP contribution in [0.2, 0.25) is 5.02 Å². The smallest absolute Gasteiger partial charge is 0.419 e. The van der Waals surface area contributed by atoms with Crippen LogP contribution in [0.15, 0.2) is 33.9 Å². The zero-order chi connectivity index (χ0) is 32.2. The zero-order valence-corrected chi connectivity index (χ0v) is 27.0. The number of nitrogens with zero attached hydrogens (tertiary/aromatic N) is 5. The van der Waals surface area contributed by atoms with Gasteiger partial charge in [-0.25, -0.2) is 23.9 Å². The van der Waals surface area contributed by atoms with Gasteiger partial charge >= 0.3 is 17.9 Å². The molecule has 0 radical (unpaired) electrons. The average molecular weight is 615 g/mol. The fraction of sp³-hybridized carbons (Fsp3) is 0.500. The van der Waals surface area contributed by atoms with Gasteiger partial charge in [-0.05, 0) is 65.7 Å². The number of carbonyl (C=O) groups is 2. The van der Waals surface area contributed by atoms with Gasteiger partial charge in [-0.1, -0.05) is 31.5 Å². The van der Waals surface area contributed by atoms with Gasteiger partial charge in [0.05, 0.1) is 23.8 Å². The molecule has 1 N–H and O–H groups in total. The molecule has 0 spiro atoms. The molecule has 0 bridgehead atoms. The Bertz CT molecular complexity index is 1850. The van der Waals surface area contributed by atoms with E-state index in [1.807, 2.05) is 13.8 Å². The summed E-state index contributed by atoms with van der Waals surface area (Å²) in [5, 5.41) is 3.83. The van der Waals surface area contributed by atoms with Gasteiger partial charge in [0.25, 0.3) is 5.56 Å². The number of aromatic nitrogens is 5. The molecule has 0 fully saturated rings. The Balaban J connectivity index is 1.87. The van der Waals surface area contributed by atoms with Crippen molar-refractivity contribution >= 4 is 45.9 Å². The summed E-state index contributed by atoms with van der Waals surface area (Å²) in [5.74, 6) is 0.256. The molecule has 3 heterocycles. The number of alkyl carbamates (subject to hydrolysis) is 1. The van der Waals surface area contributed by atoms with Crippen LogP contribution >= 0.6 is 11.6 Å². The number of carbonyl (C=O) groups excluding carboxylic acids is 2. The molecular formula is C30H39ClN6O6. The molecule has 1 aromatic carbocycles. The lowest BCUT2D eigenvalue weighted by atomic mass is 10.0. The molecule has 0 saturated heterocycles. The predicted molar refractivity (Wildman–Crippen MR) is 165 cm³/mol. The van der Waals surface area contributed by atoms with E-state index in [-0.39, 0.29) is 23.6 Å². The normalized spacial score (nSPS) is 13.1. The van der Waals surface area contributed by atoms with E-state index < -0.39 is 40.7 Å². The number of hydrogen-bond acceptors (Lipinski definition) is 7. The van der Waals surface area contributed by atoms with Crippen molar-refractivity contribution in [3.05, 3.63) is 61.6 Å². The predicted octanol–water partition coefficient (Wildman–Crippen LogP) is 5.10. The highest BCUT2D eigenvalue weighted by atomic mass is 35.5. The number of amides is 1. The van der Waals surface area contributed by atoms with Gasteiger partial charge in [-0.3, -0.25) is 13.9 Å². The molecule has 3 aromatic heterocycles. The number of fused-ring (bicyclic) bond motifs is 2. The second kappa shape index (κ2) is 11.2. The maximum absolute atomic E-state index is 14.0. The summed E-state index contributed by atoms with van der Waals surface area (Å²) in [5.41, 5.74) is -1.59. The second-order valence-corrected chi connectivity index (χ2v) is 13.3. The van der Waals surface area contributed by atoms with Crippen molar-refractivity contribution in [1.29, 1.82) is 0 Å². The lowest BCUT2D eigenvalue weighted by Crippen LogP contribution is -2.40. The zero-order valence-electron chi connectivity index (χ0n) is 26.2. The fourth-order valence-corrected chi connectivity index (χ4v) is 5.12. The number of imidazole rings is 1. The molecular weight excluding hydrogens is 576 g/mol. The number of rotatable bonds is 5. The molecule has 232 valence electrons. The van der Waals surface area contributed by atoms with Crippen molar-refractivity contribution in [1.82, 2.24) is 28.6 Å². The molecule has 1 unspecified atom stereocenters. The van der Waals surface area contributed by atoms with E-state index in [0.29, 0.717) is 27.4 Å². The van der Waals surface area contributed by atoms with Crippen LogP contribution in [0.5, 0.6) is 0 Å². The van der Waals surface area contributed by atoms with Crippen molar-refractivity contribution in [2.75, 3.05) is 0 Å². The Morgan fingerprint density at radius 1 is 1.00 bits per heavy atom. The van der Waals surface area contributed by atoms with Crippen LogP contribution in [0, 0.1) is 5.92 Å². The first-order valence-corrected chi connectivity index (χ1v) is 14.4. The number of nitrogens with one attached hydrogen (secondary N) is 1. The number of ether oxygens (including phenoxy) is 2. The highest BCUT2D eigenvalue weighted by molar-refractivity contribution is 6.35. The summed E-state index contributed by atoms with van der Waals surface area (Å²) in [6.07, 6.45) is -1.29. The third-order valence-electron chi connectivity index (χ3n) is 6.78. The van der Waals surface area contributed by atoms with E-state index in [2.05, 4.69) is 10.3 Å². The van der Waals surface area contributed by atoms with Gasteiger partial charge in [-0.15, -0.1) is 0 Å². The summed E-state index contributed by atoms with van der Waals surface area (Å²) in [4.78, 5) is 58.2. The fourth-order valence-electron chi connectivity index (χ4n) is 4.89. The maximum atomic E-state index is 14.0. The average Bonchev–Trinajstić information content (AvgIpc) is 3.40. The van der Waals surface area contributed by atoms with Gasteiger partial charge < -0.3 is 19.4 Å². The van der Waals surface area contributed by atoms with Crippen molar-refractivity contribution in [2.45, 2.75) is 79.2 Å². The van der Waals surface area contributed by atoms with Gasteiger partial charge in [-0.2, -0.15) is 0 Å². The number of aryl methyl sites for hydroxylation is 2. The lowest BCUT2D eigenvalue weighted by Gasteiger charge is -2.25. The Kier molecular flexibility index (Phi) is 8.31. The van der Waals surface area contributed by atoms with Crippen LogP contribution in [0.1, 0.15) is 73.0 Å². The van der Waals surface area contributed by atoms with E-state index in [0.717, 1.165) is 4.57 Å². The van der Waals surface area contributed by atoms with E-state index in [1.165, 1.54) is 16.2 Å². The van der Waals surface area contributed by atoms with E-state index >= 15 is 0 Å². The third kappa shape index (κ3) is 6.34. The minimum absolute atomic E-state index is 0.128. The first-order valence-electron chi connectivity index (χ1n) is 14.0. The van der Waals surface area contributed by atoms with Gasteiger partial charge in [0.15, 0.2) is 11.2 Å². The van der Waals surface area contributed by atoms with E-state index in [1.54, 1.807) is 77.4 Å². The quantitative estimate of drug-likeness (QED) is 0.331. The third-order valence-corrected chi connectivity index (χ3v) is 7.11. The number of halogens is 1. The van der Waals surface area contributed by atoms with Gasteiger partial charge in [0.2, 0.25) is 0 Å². The molecule has 0 aliphatic rings. The summed E-state index contributed by atoms with van der Waals surface area (Å²) in [7, 11) is 3.17. The highest BCUT2D eigenvalue weighted by Crippen LogP contribution is 2.29. The highest BCUT2D eigenvalue weighted by Gasteiger charge is 2.30. The van der Waals surface area contributed by atoms with Crippen LogP contribution in [0.25, 0.3) is 22.1 Å². The van der Waals surface area contributed by atoms with Crippen molar-refractivity contribution in [3.63, 3.8) is 0 Å². The Hall–Kier alpha value is -4.06. The molecule has 0 aliphatic carbocycles. The van der Waals surface area contributed by atoms with Crippen molar-refractivity contribution < 1.29 is 19.1 Å². The van der Waals surface area contributed by atoms with Gasteiger partial charge in [0, 0.05) is 24.5 Å². The molecule has 4 rings (SSSR count). The summed E-state index contributed by atoms with van der Waals surface area (Å²) in [6.45, 7) is 14.1. The molecule has 0 saturated carbocycles. The summed E-state index contributed by atoms with van der Waals surface area (Å²) >= 11 is 6.45. The maximum Gasteiger partial charge on any atom is 0.419 e. The first kappa shape index (κ1) is 31.9. The van der Waals surface area contributed by atoms with Crippen LogP contribution in [-0.4, -0.2) is 46.6 Å². The number of benzene rings is 1. The SMILES string of the molecule is CC(C)C(NC(=O)OC(C)(C)C)c1nc2c(c(=O)n(Cc3cc4c(Cl)cccc4n3C(=O)OC(C)(C)C)c(=O)n2C)n1C. The van der Waals surface area contributed by atoms with E-state index in [9.17, 15) is 19.2 Å². The summed E-state index contributed by atoms with van der Waals surface area (Å²) in [6, 6.07) is 6.17. The topological polar surface area (TPSA) is 131 Å². The molecule has 4 aromatic rings. The first-order chi connectivity index (χ1) is 19.8. The van der Waals surface area contributed by atoms with Crippen LogP contribution in [-0.2, 0) is 30.1 Å². The molecule has 13 heteroatoms. The Morgan fingerprint density at radius 2 is 1.63 bits per heavy atom. The van der Waals surface area contributed by atoms with Crippen molar-refractivity contribution in [3.8, 4) is 0 Å². The molecule has 1 atom stereocenters. The monoisotopic (exact) mass is 614 g/mol. The molecule has 12 nitrogen and oxygen atoms in total. The second-order valence-electron chi connectivity index (χ2n) is 12.9. The van der Waals surface area contributed by atoms with Crippen molar-refractivity contribution in [2.24, 2.45) is 20.0 Å². The minimum Gasteiger partial charge on any atom is -0.444 e. The lowest BCUT2D eigenvalue weighted by molar-refractivity contribution is 0.0483. The van der Waals surface area contributed by atoms with Crippen LogP contribution in [0.4, 0.5) is 9.59 Å². The molecule has 1 amide bonds. The Morgan fingerprint density at radius 3 is 2.21 bits per heavy atom. The largest absolute Gasteiger partial charge is 0.444 e. The van der Waals surface area contributed by atoms with Gasteiger partial charge in [0.1, 0.15) is 17.0 Å². The van der Waals surface area contributed by atoms with Crippen LogP contribution in [0.3, 0.4) is 0 Å². The standard InChI is InChI=1S/C30H39ClN6O6/c1-16(2)21(32-26(39)42-29(3,4)5)23-33-24-22(34(23)9)25(38)36(27(40)35(24)10)15-17-14-18-19(31)12-11-13-20(18)37(17)28(41)43-30(6,7)8/h11-14,16,21H,15H2,1-10H3,(H,32,39). The molecule has 0 aliphatic heterocycles. The van der Waals surface area contributed by atoms with E-state index in [4.69, 9.17) is 21.1 Å². The Labute approximate surface area is 254 Å². The molecule has 43 heavy (non-hydrogen) atoms. The minimum atomic E-state index is -0.791. The summed E-state index contributed by atoms with van der Waals surface area (Å²) < 4.78 is 16.3. The number of hydrogen-bond donors (Lipinski definition) is 1.